The maximum atomic E-state index is 11.0. The Kier molecular flexibility index (Phi) is 4.22. The van der Waals surface area contributed by atoms with E-state index in [1.807, 2.05) is 0 Å². The third-order valence-corrected chi connectivity index (χ3v) is 2.89. The number of hydrogen-bond donors (Lipinski definition) is 0. The molecule has 0 N–H and O–H groups in total. The third-order valence-electron chi connectivity index (χ3n) is 2.89. The van der Waals surface area contributed by atoms with Gasteiger partial charge < -0.3 is 14.0 Å². The van der Waals surface area contributed by atoms with Crippen molar-refractivity contribution in [2.45, 2.75) is 6.92 Å². The Balaban J connectivity index is 2.39. The van der Waals surface area contributed by atoms with E-state index in [1.165, 1.54) is 13.0 Å². The Labute approximate surface area is 120 Å². The Morgan fingerprint density at radius 2 is 2.05 bits per heavy atom. The van der Waals surface area contributed by atoms with Gasteiger partial charge in [-0.25, -0.2) is 0 Å². The van der Waals surface area contributed by atoms with Crippen molar-refractivity contribution >= 4 is 17.8 Å². The summed E-state index contributed by atoms with van der Waals surface area (Å²) in [6.07, 6.45) is 3.13. The summed E-state index contributed by atoms with van der Waals surface area (Å²) >= 11 is 0. The first kappa shape index (κ1) is 14.6. The van der Waals surface area contributed by atoms with E-state index in [9.17, 15) is 10.1 Å². The Bertz CT molecular complexity index is 691. The maximum absolute atomic E-state index is 11.0. The minimum atomic E-state index is -0.520. The molecule has 2 rings (SSSR count). The van der Waals surface area contributed by atoms with Gasteiger partial charge in [-0.05, 0) is 37.3 Å². The summed E-state index contributed by atoms with van der Waals surface area (Å²) in [6.45, 7) is 1.52. The molecule has 0 aliphatic heterocycles. The first-order valence-corrected chi connectivity index (χ1v) is 6.07. The number of aromatic nitrogens is 1. The van der Waals surface area contributed by atoms with Crippen molar-refractivity contribution in [1.29, 1.82) is 0 Å². The lowest BCUT2D eigenvalue weighted by molar-refractivity contribution is -0.386. The molecule has 0 radical (unpaired) electrons. The quantitative estimate of drug-likeness (QED) is 0.621. The molecule has 7 nitrogen and oxygen atoms in total. The molecule has 0 atom stereocenters. The van der Waals surface area contributed by atoms with Crippen molar-refractivity contribution in [2.24, 2.45) is 0 Å². The molecule has 110 valence electrons. The number of hydrogen-bond acceptors (Lipinski definition) is 6. The van der Waals surface area contributed by atoms with Crippen LogP contribution in [0.3, 0.4) is 0 Å². The van der Waals surface area contributed by atoms with Crippen LogP contribution in [0, 0.1) is 17.0 Å². The molecule has 1 heterocycles. The Morgan fingerprint density at radius 3 is 2.67 bits per heavy atom. The number of ether oxygens (including phenoxy) is 2. The molecule has 0 saturated carbocycles. The zero-order valence-electron chi connectivity index (χ0n) is 11.8. The summed E-state index contributed by atoms with van der Waals surface area (Å²) < 4.78 is 15.3. The van der Waals surface area contributed by atoms with Gasteiger partial charge in [-0.2, -0.15) is 0 Å². The number of benzene rings is 1. The van der Waals surface area contributed by atoms with Gasteiger partial charge in [0.15, 0.2) is 5.69 Å². The van der Waals surface area contributed by atoms with Crippen LogP contribution in [-0.2, 0) is 0 Å². The highest BCUT2D eigenvalue weighted by Gasteiger charge is 2.22. The molecular weight excluding hydrogens is 276 g/mol. The predicted octanol–water partition coefficient (Wildman–Crippen LogP) is 3.08. The van der Waals surface area contributed by atoms with Crippen LogP contribution in [0.5, 0.6) is 11.5 Å². The van der Waals surface area contributed by atoms with E-state index in [1.54, 1.807) is 38.5 Å². The van der Waals surface area contributed by atoms with Gasteiger partial charge in [-0.3, -0.25) is 10.1 Å². The average Bonchev–Trinajstić information content (AvgIpc) is 2.85. The second kappa shape index (κ2) is 6.08. The number of methoxy groups -OCH3 is 2. The van der Waals surface area contributed by atoms with Crippen LogP contribution in [0.15, 0.2) is 22.7 Å². The summed E-state index contributed by atoms with van der Waals surface area (Å²) in [5.74, 6) is 1.35. The van der Waals surface area contributed by atoms with Gasteiger partial charge in [0.1, 0.15) is 11.5 Å². The van der Waals surface area contributed by atoms with Gasteiger partial charge in [0.25, 0.3) is 0 Å². The van der Waals surface area contributed by atoms with Gasteiger partial charge >= 0.3 is 5.69 Å². The Morgan fingerprint density at radius 1 is 1.29 bits per heavy atom. The van der Waals surface area contributed by atoms with E-state index in [-0.39, 0.29) is 17.1 Å². The van der Waals surface area contributed by atoms with Crippen LogP contribution < -0.4 is 9.47 Å². The van der Waals surface area contributed by atoms with E-state index in [4.69, 9.17) is 14.0 Å². The van der Waals surface area contributed by atoms with E-state index >= 15 is 0 Å². The molecule has 1 aromatic heterocycles. The highest BCUT2D eigenvalue weighted by molar-refractivity contribution is 5.74. The lowest BCUT2D eigenvalue weighted by Gasteiger charge is -2.06. The van der Waals surface area contributed by atoms with Crippen LogP contribution in [0.2, 0.25) is 0 Å². The first-order valence-electron chi connectivity index (χ1n) is 6.07. The molecule has 7 heteroatoms. The monoisotopic (exact) mass is 290 g/mol. The van der Waals surface area contributed by atoms with E-state index < -0.39 is 4.92 Å². The topological polar surface area (TPSA) is 87.6 Å². The highest BCUT2D eigenvalue weighted by atomic mass is 16.6. The third kappa shape index (κ3) is 3.02. The molecule has 2 aromatic rings. The molecular formula is C14H14N2O5. The van der Waals surface area contributed by atoms with Crippen molar-refractivity contribution in [2.75, 3.05) is 14.2 Å². The SMILES string of the molecule is COc1ccc(OC)c(C=Cc2onc(C)c2[N+](=O)[O-])c1. The molecule has 0 amide bonds. The maximum Gasteiger partial charge on any atom is 0.338 e. The van der Waals surface area contributed by atoms with Crippen LogP contribution in [0.25, 0.3) is 12.2 Å². The van der Waals surface area contributed by atoms with E-state index in [0.717, 1.165) is 0 Å². The highest BCUT2D eigenvalue weighted by Crippen LogP contribution is 2.28. The summed E-state index contributed by atoms with van der Waals surface area (Å²) in [4.78, 5) is 10.4. The lowest BCUT2D eigenvalue weighted by Crippen LogP contribution is -1.91. The van der Waals surface area contributed by atoms with Gasteiger partial charge in [-0.15, -0.1) is 0 Å². The summed E-state index contributed by atoms with van der Waals surface area (Å²) in [7, 11) is 3.10. The zero-order chi connectivity index (χ0) is 15.4. The number of nitrogens with zero attached hydrogens (tertiary/aromatic N) is 2. The van der Waals surface area contributed by atoms with Crippen LogP contribution in [-0.4, -0.2) is 24.3 Å². The minimum Gasteiger partial charge on any atom is -0.497 e. The van der Waals surface area contributed by atoms with Crippen LogP contribution >= 0.6 is 0 Å². The van der Waals surface area contributed by atoms with E-state index in [0.29, 0.717) is 17.1 Å². The van der Waals surface area contributed by atoms with Gasteiger partial charge in [-0.1, -0.05) is 5.16 Å². The molecule has 0 aliphatic rings. The molecule has 0 saturated heterocycles. The molecule has 0 aliphatic carbocycles. The number of rotatable bonds is 5. The second-order valence-corrected chi connectivity index (χ2v) is 4.18. The number of aryl methyl sites for hydroxylation is 1. The fourth-order valence-corrected chi connectivity index (χ4v) is 1.85. The van der Waals surface area contributed by atoms with Crippen molar-refractivity contribution in [3.63, 3.8) is 0 Å². The second-order valence-electron chi connectivity index (χ2n) is 4.18. The normalized spacial score (nSPS) is 10.8. The van der Waals surface area contributed by atoms with Crippen molar-refractivity contribution in [3.8, 4) is 11.5 Å². The average molecular weight is 290 g/mol. The smallest absolute Gasteiger partial charge is 0.338 e. The summed E-state index contributed by atoms with van der Waals surface area (Å²) in [5.41, 5.74) is 0.797. The molecule has 0 unspecified atom stereocenters. The van der Waals surface area contributed by atoms with Crippen LogP contribution in [0.1, 0.15) is 17.0 Å². The van der Waals surface area contributed by atoms with Gasteiger partial charge in [0.05, 0.1) is 19.1 Å². The van der Waals surface area contributed by atoms with E-state index in [2.05, 4.69) is 5.16 Å². The summed E-state index contributed by atoms with van der Waals surface area (Å²) in [6, 6.07) is 5.26. The van der Waals surface area contributed by atoms with Crippen molar-refractivity contribution in [1.82, 2.24) is 5.16 Å². The first-order chi connectivity index (χ1) is 10.1. The minimum absolute atomic E-state index is 0.0855. The molecule has 21 heavy (non-hydrogen) atoms. The lowest BCUT2D eigenvalue weighted by atomic mass is 10.1. The number of nitro groups is 1. The predicted molar refractivity (Wildman–Crippen MR) is 76.4 cm³/mol. The Hall–Kier alpha value is -2.83. The molecule has 1 aromatic carbocycles. The largest absolute Gasteiger partial charge is 0.497 e. The fraction of sp³-hybridized carbons (Fsp3) is 0.214. The van der Waals surface area contributed by atoms with Gasteiger partial charge in [0.2, 0.25) is 5.76 Å². The molecule has 0 bridgehead atoms. The van der Waals surface area contributed by atoms with Gasteiger partial charge in [0, 0.05) is 5.56 Å². The molecule has 0 fully saturated rings. The van der Waals surface area contributed by atoms with Crippen LogP contribution in [0.4, 0.5) is 5.69 Å². The molecule has 0 spiro atoms. The fourth-order valence-electron chi connectivity index (χ4n) is 1.85. The zero-order valence-corrected chi connectivity index (χ0v) is 11.8. The standard InChI is InChI=1S/C14H14N2O5/c1-9-14(16(17)18)13(21-15-9)6-4-10-8-11(19-2)5-7-12(10)20-3/h4-8H,1-3H3. The van der Waals surface area contributed by atoms with Crippen molar-refractivity contribution < 1.29 is 18.9 Å². The van der Waals surface area contributed by atoms with Crippen molar-refractivity contribution in [3.05, 3.63) is 45.3 Å². The summed E-state index contributed by atoms with van der Waals surface area (Å²) in [5, 5.41) is 14.6.